The fraction of sp³-hybridized carbons (Fsp3) is 0.242. The third-order valence-corrected chi connectivity index (χ3v) is 20.1. The van der Waals surface area contributed by atoms with Gasteiger partial charge < -0.3 is 94.4 Å². The molecule has 15 heterocycles. The molecule has 0 aliphatic rings. The largest absolute Gasteiger partial charge is 0.395 e. The number of carbonyl (C=O) groups excluding carboxylic acids is 2. The number of hydrogen-bond acceptors (Lipinski definition) is 51. The first-order valence-electron chi connectivity index (χ1n) is 44.7. The van der Waals surface area contributed by atoms with Crippen molar-refractivity contribution in [3.8, 4) is 59.4 Å². The number of primary amides is 2. The lowest BCUT2D eigenvalue weighted by molar-refractivity contribution is -0.117. The average Bonchev–Trinajstić information content (AvgIpc) is 1.74. The van der Waals surface area contributed by atoms with Crippen LogP contribution in [0.15, 0.2) is 216 Å². The highest BCUT2D eigenvalue weighted by Gasteiger charge is 2.26. The summed E-state index contributed by atoms with van der Waals surface area (Å²) in [6.45, 7) is 5.73. The monoisotopic (exact) mass is 2020 g/mol. The maximum Gasteiger partial charge on any atom is 0.273 e. The second-order valence-corrected chi connectivity index (χ2v) is 30.1. The molecule has 760 valence electrons. The molecule has 0 fully saturated rings. The van der Waals surface area contributed by atoms with Crippen molar-refractivity contribution in [1.82, 2.24) is 114 Å². The molecule has 0 spiro atoms. The fourth-order valence-electron chi connectivity index (χ4n) is 13.2. The van der Waals surface area contributed by atoms with E-state index in [1.54, 1.807) is 177 Å². The molecule has 58 heteroatoms. The zero-order valence-electron chi connectivity index (χ0n) is 82.3. The molecule has 0 aliphatic heterocycles. The number of aromatic nitrogens is 23. The fourth-order valence-corrected chi connectivity index (χ4v) is 13.2. The van der Waals surface area contributed by atoms with Crippen molar-refractivity contribution < 1.29 is 30.0 Å². The van der Waals surface area contributed by atoms with Gasteiger partial charge in [0.2, 0.25) is 23.7 Å². The van der Waals surface area contributed by atoms with E-state index < -0.39 is 11.8 Å². The van der Waals surface area contributed by atoms with Gasteiger partial charge in [-0.3, -0.25) is 9.59 Å². The van der Waals surface area contributed by atoms with Crippen LogP contribution in [0.3, 0.4) is 0 Å². The van der Waals surface area contributed by atoms with Crippen molar-refractivity contribution in [3.63, 3.8) is 0 Å². The van der Waals surface area contributed by atoms with Gasteiger partial charge in [-0.05, 0) is 105 Å². The van der Waals surface area contributed by atoms with E-state index in [0.717, 1.165) is 5.56 Å². The Morgan fingerprint density at radius 1 is 0.369 bits per heavy atom. The van der Waals surface area contributed by atoms with E-state index in [4.69, 9.17) is 16.6 Å². The number of azo groups is 5. The van der Waals surface area contributed by atoms with Gasteiger partial charge in [-0.15, -0.1) is 51.1 Å². The summed E-state index contributed by atoms with van der Waals surface area (Å²) in [5, 5.41) is 174. The van der Waals surface area contributed by atoms with Gasteiger partial charge >= 0.3 is 0 Å². The molecular formula is C91H100N52O6. The second kappa shape index (κ2) is 54.3. The molecule has 17 N–H and O–H groups in total. The minimum absolute atomic E-state index is 0.0640. The highest BCUT2D eigenvalue weighted by molar-refractivity contribution is 5.85. The van der Waals surface area contributed by atoms with Gasteiger partial charge in [0, 0.05) is 126 Å². The number of nitrogens with zero attached hydrogens (tertiary/aromatic N) is 41. The number of hydrogen-bond donors (Lipinski definition) is 15. The quantitative estimate of drug-likeness (QED) is 0.0159. The minimum Gasteiger partial charge on any atom is -0.395 e. The van der Waals surface area contributed by atoms with Gasteiger partial charge in [-0.1, -0.05) is 30.3 Å². The lowest BCUT2D eigenvalue weighted by Crippen LogP contribution is -2.40. The molecule has 2 amide bonds. The van der Waals surface area contributed by atoms with Crippen molar-refractivity contribution in [2.24, 2.45) is 62.6 Å². The van der Waals surface area contributed by atoms with Crippen molar-refractivity contribution in [1.29, 1.82) is 26.3 Å². The predicted octanol–water partition coefficient (Wildman–Crippen LogP) is 9.59. The molecule has 0 unspecified atom stereocenters. The third-order valence-electron chi connectivity index (χ3n) is 20.1. The number of aliphatic hydroxyl groups is 4. The van der Waals surface area contributed by atoms with E-state index in [9.17, 15) is 51.2 Å². The highest BCUT2D eigenvalue weighted by Crippen LogP contribution is 2.41. The van der Waals surface area contributed by atoms with Crippen molar-refractivity contribution in [2.45, 2.75) is 20.8 Å². The van der Waals surface area contributed by atoms with Crippen LogP contribution >= 0.6 is 0 Å². The van der Waals surface area contributed by atoms with Crippen LogP contribution in [0.25, 0.3) is 29.1 Å². The first-order valence-corrected chi connectivity index (χ1v) is 44.7. The van der Waals surface area contributed by atoms with Gasteiger partial charge in [0.05, 0.1) is 69.9 Å². The molecule has 0 atom stereocenters. The number of rotatable bonds is 39. The number of carbonyl (C=O) groups is 2. The molecule has 0 radical (unpaired) electrons. The number of aryl methyl sites for hydroxylation is 2. The lowest BCUT2D eigenvalue weighted by atomic mass is 10.1. The average molecular weight is 2020 g/mol. The van der Waals surface area contributed by atoms with E-state index >= 15 is 0 Å². The molecule has 15 rings (SSSR count). The number of nitrogens with one attached hydrogen (secondary N) is 9. The van der Waals surface area contributed by atoms with Crippen LogP contribution in [0.2, 0.25) is 0 Å². The number of nitrogens with two attached hydrogens (primary N) is 2. The van der Waals surface area contributed by atoms with Gasteiger partial charge in [0.1, 0.15) is 93.4 Å². The Balaban J connectivity index is 0.000000177. The van der Waals surface area contributed by atoms with Crippen LogP contribution in [0.4, 0.5) is 128 Å². The smallest absolute Gasteiger partial charge is 0.273 e. The molecule has 0 saturated heterocycles. The summed E-state index contributed by atoms with van der Waals surface area (Å²) in [4.78, 5) is 83.8. The Morgan fingerprint density at radius 2 is 0.705 bits per heavy atom. The standard InChI is InChI=1S/C20H21N11O2.C20H23N9O2.C19H18N10.C18H21N11O2.C14H17N11/c1-12-7-17(30(10-14(22)32)11-15(23)33)27-19(24-2)18(12)28-29-20-13(8-21)9-26-31(20)16-5-3-4-6-25-16;1-14-11-17(28(7-9-30)8-10-31)25-19(22-2)18(14)26-27-20-15(12-21)13-24-29(20)16-5-3-4-6-23-16;1-12-14(10-21)19(28(3)4)25-17(22-2)16(12)26-27-18-13(9-20)11-24-29(18)15-7-5-6-8-23-15;1-20-15-14(16(22-6-8-30)26-18(25-15)23-7-9-31)27-28-17-12(10-19)11-24-29(17)13-4-2-3-5-21-13;1-15-11-10(12(16-2)22-13(17-3)21-11)23-24-14-19-8-20-25(14)9-6-4-5-7-18-9/h3-7,9H,10-11H2,1-2H3,(H2,22,32)(H2,23,33)(H,24,27);3-6,11,13,30-31H,7-10H2,1-2H3,(H,22,25);5-8,11H,1-4H3,(H,22,25);2-5,11,30-31H,6-9H2,1H3,(H3,20,22,23,25,26);4-8H,1-3H3,(H3,15,16,17,21,22). The SMILES string of the molecule is CNc1nc(N(C)C)c(C#N)c(C)c1N=Nc1c(C#N)cnn1-c1ccccn1.CNc1nc(N(CC(N)=O)CC(N)=O)cc(C)c1N=Nc1c(C#N)cnn1-c1ccccn1.CNc1nc(N(CCO)CCO)cc(C)c1N=Nc1c(C#N)cnn1-c1ccccn1.CNc1nc(NC)c(N=Nc2ncnn2-c2ccccn2)c(NC)n1.CNc1nc(NCCO)nc(NCCO)c1N=Nc1c(C#N)cnn1-c1ccccn1. The number of aliphatic hydroxyl groups excluding tert-OH is 4. The summed E-state index contributed by atoms with van der Waals surface area (Å²) in [5.74, 6) is 7.60. The van der Waals surface area contributed by atoms with Crippen LogP contribution in [0, 0.1) is 77.4 Å². The van der Waals surface area contributed by atoms with Crippen molar-refractivity contribution in [3.05, 3.63) is 210 Å². The third kappa shape index (κ3) is 27.7. The molecular weight excluding hydrogens is 1920 g/mol. The number of nitriles is 5. The van der Waals surface area contributed by atoms with Crippen molar-refractivity contribution in [2.75, 3.05) is 192 Å². The summed E-state index contributed by atoms with van der Waals surface area (Å²) in [6.07, 6.45) is 15.1. The van der Waals surface area contributed by atoms with E-state index in [1.165, 1.54) is 59.4 Å². The Bertz CT molecular complexity index is 7410. The zero-order valence-corrected chi connectivity index (χ0v) is 82.3. The molecule has 0 saturated carbocycles. The van der Waals surface area contributed by atoms with E-state index in [-0.39, 0.29) is 110 Å². The topological polar surface area (TPSA) is 784 Å². The summed E-state index contributed by atoms with van der Waals surface area (Å²) < 4.78 is 7.18. The van der Waals surface area contributed by atoms with Gasteiger partial charge in [0.25, 0.3) is 5.95 Å². The highest BCUT2D eigenvalue weighted by atomic mass is 16.3. The van der Waals surface area contributed by atoms with E-state index in [1.807, 2.05) is 63.5 Å². The Labute approximate surface area is 849 Å². The van der Waals surface area contributed by atoms with E-state index in [0.29, 0.717) is 152 Å². The lowest BCUT2D eigenvalue weighted by Gasteiger charge is -2.23. The van der Waals surface area contributed by atoms with Gasteiger partial charge in [-0.25, -0.2) is 39.9 Å². The molecule has 58 nitrogen and oxygen atoms in total. The second-order valence-electron chi connectivity index (χ2n) is 30.1. The summed E-state index contributed by atoms with van der Waals surface area (Å²) in [7, 11) is 15.6. The van der Waals surface area contributed by atoms with Gasteiger partial charge in [-0.2, -0.15) is 100 Å². The first kappa shape index (κ1) is 109. The van der Waals surface area contributed by atoms with Crippen LogP contribution in [-0.2, 0) is 9.59 Å². The van der Waals surface area contributed by atoms with Crippen LogP contribution < -0.4 is 74.0 Å². The summed E-state index contributed by atoms with van der Waals surface area (Å²) >= 11 is 0. The minimum atomic E-state index is -0.641. The maximum atomic E-state index is 11.4. The maximum absolute atomic E-state index is 11.4. The molecule has 0 aliphatic carbocycles. The molecule has 15 aromatic rings. The normalized spacial score (nSPS) is 10.8. The van der Waals surface area contributed by atoms with Crippen LogP contribution in [0.5, 0.6) is 0 Å². The molecule has 0 aromatic carbocycles. The van der Waals surface area contributed by atoms with E-state index in [2.05, 4.69) is 207 Å². The molecule has 15 aromatic heterocycles. The number of pyridine rings is 8. The van der Waals surface area contributed by atoms with Crippen molar-refractivity contribution >= 4 is 140 Å². The number of amides is 2. The Morgan fingerprint density at radius 3 is 1.05 bits per heavy atom. The molecule has 0 bridgehead atoms. The molecule has 149 heavy (non-hydrogen) atoms. The summed E-state index contributed by atoms with van der Waals surface area (Å²) in [5.41, 5.74) is 16.0. The first-order chi connectivity index (χ1) is 72.4. The summed E-state index contributed by atoms with van der Waals surface area (Å²) in [6, 6.07) is 40.5. The predicted molar refractivity (Wildman–Crippen MR) is 549 cm³/mol. The Hall–Kier alpha value is -20.8. The van der Waals surface area contributed by atoms with Gasteiger partial charge in [0.15, 0.2) is 104 Å². The number of anilines is 12. The van der Waals surface area contributed by atoms with Crippen LogP contribution in [-0.4, -0.2) is 275 Å². The van der Waals surface area contributed by atoms with Crippen LogP contribution in [0.1, 0.15) is 44.5 Å². The zero-order chi connectivity index (χ0) is 107. The Kier molecular flexibility index (Phi) is 39.5.